The van der Waals surface area contributed by atoms with Gasteiger partial charge in [-0.25, -0.2) is 0 Å². The van der Waals surface area contributed by atoms with Gasteiger partial charge in [0.25, 0.3) is 0 Å². The van der Waals surface area contributed by atoms with Gasteiger partial charge in [0.05, 0.1) is 22.4 Å². The van der Waals surface area contributed by atoms with E-state index >= 15 is 0 Å². The number of hydrogen-bond acceptors (Lipinski definition) is 3. The second kappa shape index (κ2) is 9.21. The Hall–Kier alpha value is -1.36. The highest BCUT2D eigenvalue weighted by Crippen LogP contribution is 2.32. The van der Waals surface area contributed by atoms with Crippen LogP contribution in [0.25, 0.3) is 0 Å². The molecule has 2 aromatic carbocycles. The van der Waals surface area contributed by atoms with Crippen molar-refractivity contribution in [2.24, 2.45) is 0 Å². The summed E-state index contributed by atoms with van der Waals surface area (Å²) in [5, 5.41) is 3.91. The lowest BCUT2D eigenvalue weighted by Crippen LogP contribution is -2.16. The Morgan fingerprint density at radius 1 is 1.12 bits per heavy atom. The molecule has 0 atom stereocenters. The molecule has 0 aliphatic carbocycles. The van der Waals surface area contributed by atoms with Crippen LogP contribution in [0.1, 0.15) is 11.1 Å². The number of thioether (sulfide) groups is 1. The Morgan fingerprint density at radius 2 is 1.79 bits per heavy atom. The lowest BCUT2D eigenvalue weighted by molar-refractivity contribution is -0.113. The number of carbonyl (C=O) groups is 1. The molecule has 0 fully saturated rings. The van der Waals surface area contributed by atoms with Gasteiger partial charge in [0, 0.05) is 11.4 Å². The van der Waals surface area contributed by atoms with E-state index in [0.29, 0.717) is 33.9 Å². The summed E-state index contributed by atoms with van der Waals surface area (Å²) in [6.45, 7) is 4.46. The van der Waals surface area contributed by atoms with Crippen molar-refractivity contribution in [3.63, 3.8) is 0 Å². The molecule has 0 radical (unpaired) electrons. The Morgan fingerprint density at radius 3 is 2.50 bits per heavy atom. The molecule has 24 heavy (non-hydrogen) atoms. The molecular weight excluding hydrogens is 365 g/mol. The average molecular weight is 384 g/mol. The van der Waals surface area contributed by atoms with Crippen molar-refractivity contribution in [3.05, 3.63) is 57.6 Å². The Bertz CT molecular complexity index is 702. The van der Waals surface area contributed by atoms with E-state index in [1.54, 1.807) is 18.2 Å². The van der Waals surface area contributed by atoms with E-state index in [2.05, 4.69) is 5.32 Å². The van der Waals surface area contributed by atoms with Crippen LogP contribution < -0.4 is 10.1 Å². The van der Waals surface area contributed by atoms with Gasteiger partial charge < -0.3 is 10.1 Å². The fraction of sp³-hybridized carbons (Fsp3) is 0.278. The Kier molecular flexibility index (Phi) is 7.28. The smallest absolute Gasteiger partial charge is 0.234 e. The second-order valence-electron chi connectivity index (χ2n) is 5.25. The minimum atomic E-state index is -0.0236. The second-order valence-corrected chi connectivity index (χ2v) is 7.17. The quantitative estimate of drug-likeness (QED) is 0.653. The van der Waals surface area contributed by atoms with Gasteiger partial charge in [-0.15, -0.1) is 11.8 Å². The van der Waals surface area contributed by atoms with Crippen LogP contribution in [0.15, 0.2) is 36.4 Å². The molecule has 0 aliphatic heterocycles. The van der Waals surface area contributed by atoms with Crippen LogP contribution in [0.2, 0.25) is 10.0 Å². The van der Waals surface area contributed by atoms with Crippen molar-refractivity contribution >= 4 is 46.6 Å². The summed E-state index contributed by atoms with van der Waals surface area (Å²) in [6.07, 6.45) is 0. The summed E-state index contributed by atoms with van der Waals surface area (Å²) >= 11 is 13.6. The van der Waals surface area contributed by atoms with E-state index in [4.69, 9.17) is 27.9 Å². The molecule has 0 bridgehead atoms. The van der Waals surface area contributed by atoms with Crippen molar-refractivity contribution in [3.8, 4) is 5.75 Å². The molecule has 0 aromatic heterocycles. The topological polar surface area (TPSA) is 38.3 Å². The van der Waals surface area contributed by atoms with Crippen molar-refractivity contribution in [2.45, 2.75) is 13.8 Å². The zero-order valence-electron chi connectivity index (χ0n) is 13.6. The fourth-order valence-corrected chi connectivity index (χ4v) is 3.17. The molecule has 1 N–H and O–H groups in total. The Labute approximate surface area is 156 Å². The summed E-state index contributed by atoms with van der Waals surface area (Å²) in [5.41, 5.74) is 3.11. The maximum Gasteiger partial charge on any atom is 0.234 e. The number of halogens is 2. The monoisotopic (exact) mass is 383 g/mol. The number of rotatable bonds is 7. The van der Waals surface area contributed by atoms with E-state index in [1.807, 2.05) is 32.0 Å². The molecule has 0 aliphatic rings. The van der Waals surface area contributed by atoms with Crippen LogP contribution in [0.5, 0.6) is 5.75 Å². The molecule has 0 heterocycles. The number of hydrogen-bond donors (Lipinski definition) is 1. The predicted octanol–water partition coefficient (Wildman–Crippen LogP) is 5.36. The molecule has 3 nitrogen and oxygen atoms in total. The zero-order valence-corrected chi connectivity index (χ0v) is 15.9. The molecule has 2 rings (SSSR count). The number of para-hydroxylation sites is 1. The first-order chi connectivity index (χ1) is 11.5. The number of amides is 1. The predicted molar refractivity (Wildman–Crippen MR) is 104 cm³/mol. The summed E-state index contributed by atoms with van der Waals surface area (Å²) in [7, 11) is 0. The highest BCUT2D eigenvalue weighted by molar-refractivity contribution is 7.99. The van der Waals surface area contributed by atoms with Gasteiger partial charge in [-0.05, 0) is 43.2 Å². The molecule has 0 unspecified atom stereocenters. The van der Waals surface area contributed by atoms with Gasteiger partial charge >= 0.3 is 0 Å². The molecule has 0 saturated carbocycles. The van der Waals surface area contributed by atoms with Crippen LogP contribution in [0, 0.1) is 13.8 Å². The summed E-state index contributed by atoms with van der Waals surface area (Å²) in [5.74, 6) is 1.50. The number of anilines is 1. The van der Waals surface area contributed by atoms with Gasteiger partial charge in [0.15, 0.2) is 5.75 Å². The van der Waals surface area contributed by atoms with Crippen molar-refractivity contribution in [1.82, 2.24) is 0 Å². The first-order valence-electron chi connectivity index (χ1n) is 7.49. The van der Waals surface area contributed by atoms with Crippen molar-refractivity contribution in [2.75, 3.05) is 23.4 Å². The first kappa shape index (κ1) is 19.0. The highest BCUT2D eigenvalue weighted by atomic mass is 35.5. The number of carbonyl (C=O) groups excluding carboxylic acids is 1. The standard InChI is InChI=1S/C18H19Cl2NO2S/c1-12-5-3-8-16(13(12)2)21-17(22)11-24-10-9-23-18-14(19)6-4-7-15(18)20/h3-8H,9-11H2,1-2H3,(H,21,22). The van der Waals surface area contributed by atoms with Gasteiger partial charge in [-0.1, -0.05) is 41.4 Å². The maximum atomic E-state index is 12.0. The molecule has 0 spiro atoms. The van der Waals surface area contributed by atoms with E-state index in [-0.39, 0.29) is 5.91 Å². The van der Waals surface area contributed by atoms with E-state index in [0.717, 1.165) is 16.8 Å². The third kappa shape index (κ3) is 5.33. The first-order valence-corrected chi connectivity index (χ1v) is 9.40. The molecular formula is C18H19Cl2NO2S. The van der Waals surface area contributed by atoms with Crippen LogP contribution in [-0.2, 0) is 4.79 Å². The molecule has 128 valence electrons. The van der Waals surface area contributed by atoms with Crippen molar-refractivity contribution < 1.29 is 9.53 Å². The minimum absolute atomic E-state index is 0.0236. The van der Waals surface area contributed by atoms with Crippen LogP contribution in [-0.4, -0.2) is 24.0 Å². The highest BCUT2D eigenvalue weighted by Gasteiger charge is 2.08. The summed E-state index contributed by atoms with van der Waals surface area (Å²) in [4.78, 5) is 12.0. The molecule has 2 aromatic rings. The largest absolute Gasteiger partial charge is 0.490 e. The summed E-state index contributed by atoms with van der Waals surface area (Å²) in [6, 6.07) is 11.1. The zero-order chi connectivity index (χ0) is 17.5. The Balaban J connectivity index is 1.72. The number of benzene rings is 2. The van der Waals surface area contributed by atoms with Gasteiger partial charge in [0.2, 0.25) is 5.91 Å². The third-order valence-electron chi connectivity index (χ3n) is 3.50. The average Bonchev–Trinajstić information content (AvgIpc) is 2.54. The molecule has 0 saturated heterocycles. The van der Waals surface area contributed by atoms with Gasteiger partial charge in [0.1, 0.15) is 0 Å². The number of nitrogens with one attached hydrogen (secondary N) is 1. The third-order valence-corrected chi connectivity index (χ3v) is 5.02. The summed E-state index contributed by atoms with van der Waals surface area (Å²) < 4.78 is 5.59. The lowest BCUT2D eigenvalue weighted by Gasteiger charge is -2.11. The van der Waals surface area contributed by atoms with Gasteiger partial charge in [-0.3, -0.25) is 4.79 Å². The van der Waals surface area contributed by atoms with Crippen molar-refractivity contribution in [1.29, 1.82) is 0 Å². The van der Waals surface area contributed by atoms with Crippen LogP contribution in [0.4, 0.5) is 5.69 Å². The lowest BCUT2D eigenvalue weighted by atomic mass is 10.1. The molecule has 1 amide bonds. The SMILES string of the molecule is Cc1cccc(NC(=O)CSCCOc2c(Cl)cccc2Cl)c1C. The van der Waals surface area contributed by atoms with Gasteiger partial charge in [-0.2, -0.15) is 0 Å². The van der Waals surface area contributed by atoms with Crippen LogP contribution in [0.3, 0.4) is 0 Å². The minimum Gasteiger partial charge on any atom is -0.490 e. The number of ether oxygens (including phenoxy) is 1. The normalized spacial score (nSPS) is 10.5. The molecule has 6 heteroatoms. The fourth-order valence-electron chi connectivity index (χ4n) is 2.06. The van der Waals surface area contributed by atoms with E-state index in [1.165, 1.54) is 11.8 Å². The van der Waals surface area contributed by atoms with E-state index < -0.39 is 0 Å². The van der Waals surface area contributed by atoms with E-state index in [9.17, 15) is 4.79 Å². The van der Waals surface area contributed by atoms with Crippen LogP contribution >= 0.6 is 35.0 Å². The maximum absolute atomic E-state index is 12.0. The number of aryl methyl sites for hydroxylation is 1.